The molecule has 1 amide bonds. The van der Waals surface area contributed by atoms with Crippen molar-refractivity contribution in [2.45, 2.75) is 25.0 Å². The van der Waals surface area contributed by atoms with Crippen molar-refractivity contribution in [2.75, 3.05) is 11.1 Å². The number of para-hydroxylation sites is 1. The second kappa shape index (κ2) is 8.12. The molecule has 0 radical (unpaired) electrons. The molecule has 3 aromatic heterocycles. The number of hydrogen-bond donors (Lipinski definition) is 1. The number of carbonyl (C=O) groups excluding carboxylic acids is 1. The highest BCUT2D eigenvalue weighted by molar-refractivity contribution is 7.99. The molecule has 0 spiro atoms. The molecule has 0 fully saturated rings. The Balaban J connectivity index is 1.54. The first kappa shape index (κ1) is 18.6. The molecule has 0 atom stereocenters. The van der Waals surface area contributed by atoms with Gasteiger partial charge in [-0.15, -0.1) is 10.2 Å². The smallest absolute Gasteiger partial charge is 0.236 e. The predicted molar refractivity (Wildman–Crippen MR) is 112 cm³/mol. The number of halogens is 1. The summed E-state index contributed by atoms with van der Waals surface area (Å²) in [6.07, 6.45) is 2.47. The lowest BCUT2D eigenvalue weighted by molar-refractivity contribution is -0.113. The van der Waals surface area contributed by atoms with Gasteiger partial charge in [-0.1, -0.05) is 48.5 Å². The number of pyridine rings is 1. The van der Waals surface area contributed by atoms with Crippen molar-refractivity contribution in [1.29, 1.82) is 0 Å². The summed E-state index contributed by atoms with van der Waals surface area (Å²) in [7, 11) is 0. The first-order chi connectivity index (χ1) is 13.7. The standard InChI is InChI=1S/C19H17ClN6OS/c1-2-9-26-14-6-4-3-5-13(14)17-18(26)23-19(25-24-17)28-11-16(27)22-15-8-7-12(20)10-21-15/h3-8,10H,2,9,11H2,1H3,(H,21,22,27). The summed E-state index contributed by atoms with van der Waals surface area (Å²) >= 11 is 7.04. The average molecular weight is 413 g/mol. The summed E-state index contributed by atoms with van der Waals surface area (Å²) in [5.74, 6) is 0.413. The van der Waals surface area contributed by atoms with Gasteiger partial charge in [0, 0.05) is 18.1 Å². The van der Waals surface area contributed by atoms with Gasteiger partial charge in [0.05, 0.1) is 16.3 Å². The summed E-state index contributed by atoms with van der Waals surface area (Å²) in [5.41, 5.74) is 2.67. The second-order valence-electron chi connectivity index (χ2n) is 6.13. The third-order valence-corrected chi connectivity index (χ3v) is 5.19. The minimum Gasteiger partial charge on any atom is -0.324 e. The number of carbonyl (C=O) groups is 1. The third-order valence-electron chi connectivity index (χ3n) is 4.13. The van der Waals surface area contributed by atoms with Crippen LogP contribution in [-0.4, -0.2) is 36.4 Å². The Morgan fingerprint density at radius 1 is 1.21 bits per heavy atom. The van der Waals surface area contributed by atoms with Gasteiger partial charge in [0.2, 0.25) is 11.1 Å². The van der Waals surface area contributed by atoms with E-state index in [1.54, 1.807) is 12.1 Å². The van der Waals surface area contributed by atoms with Crippen molar-refractivity contribution < 1.29 is 4.79 Å². The quantitative estimate of drug-likeness (QED) is 0.478. The molecule has 0 unspecified atom stereocenters. The van der Waals surface area contributed by atoms with Gasteiger partial charge in [-0.2, -0.15) is 0 Å². The predicted octanol–water partition coefficient (Wildman–Crippen LogP) is 4.17. The van der Waals surface area contributed by atoms with Gasteiger partial charge in [0.25, 0.3) is 0 Å². The van der Waals surface area contributed by atoms with Gasteiger partial charge < -0.3 is 9.88 Å². The number of amides is 1. The molecule has 0 aliphatic rings. The van der Waals surface area contributed by atoms with Crippen LogP contribution in [0.4, 0.5) is 5.82 Å². The van der Waals surface area contributed by atoms with Crippen LogP contribution in [-0.2, 0) is 11.3 Å². The highest BCUT2D eigenvalue weighted by Crippen LogP contribution is 2.27. The lowest BCUT2D eigenvalue weighted by Crippen LogP contribution is -2.15. The SMILES string of the molecule is CCCn1c2ccccc2c2nnc(SCC(=O)Nc3ccc(Cl)cn3)nc21. The molecule has 7 nitrogen and oxygen atoms in total. The summed E-state index contributed by atoms with van der Waals surface area (Å²) in [4.78, 5) is 20.9. The Kier molecular flexibility index (Phi) is 5.40. The van der Waals surface area contributed by atoms with E-state index < -0.39 is 0 Å². The van der Waals surface area contributed by atoms with Gasteiger partial charge in [-0.25, -0.2) is 9.97 Å². The van der Waals surface area contributed by atoms with Crippen molar-refractivity contribution in [2.24, 2.45) is 0 Å². The minimum atomic E-state index is -0.197. The van der Waals surface area contributed by atoms with E-state index in [1.165, 1.54) is 18.0 Å². The van der Waals surface area contributed by atoms with Crippen molar-refractivity contribution >= 4 is 57.2 Å². The number of nitrogens with one attached hydrogen (secondary N) is 1. The zero-order chi connectivity index (χ0) is 19.5. The largest absolute Gasteiger partial charge is 0.324 e. The van der Waals surface area contributed by atoms with Crippen molar-refractivity contribution in [1.82, 2.24) is 24.7 Å². The summed E-state index contributed by atoms with van der Waals surface area (Å²) in [6.45, 7) is 2.97. The Labute approximate surface area is 170 Å². The van der Waals surface area contributed by atoms with Crippen LogP contribution in [0.2, 0.25) is 5.02 Å². The first-order valence-electron chi connectivity index (χ1n) is 8.81. The third kappa shape index (κ3) is 3.79. The molecule has 28 heavy (non-hydrogen) atoms. The van der Waals surface area contributed by atoms with E-state index in [2.05, 4.69) is 43.0 Å². The van der Waals surface area contributed by atoms with E-state index >= 15 is 0 Å². The van der Waals surface area contributed by atoms with E-state index in [0.29, 0.717) is 16.0 Å². The number of nitrogens with zero attached hydrogens (tertiary/aromatic N) is 5. The normalized spacial score (nSPS) is 11.2. The van der Waals surface area contributed by atoms with Gasteiger partial charge in [-0.3, -0.25) is 4.79 Å². The van der Waals surface area contributed by atoms with Crippen molar-refractivity contribution in [3.8, 4) is 0 Å². The number of aryl methyl sites for hydroxylation is 1. The number of rotatable bonds is 6. The van der Waals surface area contributed by atoms with Gasteiger partial charge >= 0.3 is 0 Å². The van der Waals surface area contributed by atoms with Gasteiger partial charge in [-0.05, 0) is 24.6 Å². The van der Waals surface area contributed by atoms with E-state index in [0.717, 1.165) is 35.0 Å². The maximum atomic E-state index is 12.2. The highest BCUT2D eigenvalue weighted by Gasteiger charge is 2.15. The fourth-order valence-electron chi connectivity index (χ4n) is 2.96. The van der Waals surface area contributed by atoms with Crippen LogP contribution in [0.1, 0.15) is 13.3 Å². The molecule has 0 bridgehead atoms. The Morgan fingerprint density at radius 3 is 2.86 bits per heavy atom. The number of hydrogen-bond acceptors (Lipinski definition) is 6. The first-order valence-corrected chi connectivity index (χ1v) is 10.2. The zero-order valence-corrected chi connectivity index (χ0v) is 16.7. The number of fused-ring (bicyclic) bond motifs is 3. The molecular weight excluding hydrogens is 396 g/mol. The van der Waals surface area contributed by atoms with Crippen LogP contribution < -0.4 is 5.32 Å². The lowest BCUT2D eigenvalue weighted by Gasteiger charge is -2.05. The molecule has 4 aromatic rings. The van der Waals surface area contributed by atoms with Crippen LogP contribution in [0.15, 0.2) is 47.8 Å². The highest BCUT2D eigenvalue weighted by atomic mass is 35.5. The number of aromatic nitrogens is 5. The lowest BCUT2D eigenvalue weighted by atomic mass is 10.2. The fourth-order valence-corrected chi connectivity index (χ4v) is 3.65. The van der Waals surface area contributed by atoms with Crippen molar-refractivity contribution in [3.63, 3.8) is 0 Å². The van der Waals surface area contributed by atoms with Crippen LogP contribution >= 0.6 is 23.4 Å². The Hall–Kier alpha value is -2.71. The molecule has 142 valence electrons. The Morgan fingerprint density at radius 2 is 2.07 bits per heavy atom. The summed E-state index contributed by atoms with van der Waals surface area (Å²) < 4.78 is 2.15. The fraction of sp³-hybridized carbons (Fsp3) is 0.211. The summed E-state index contributed by atoms with van der Waals surface area (Å²) in [6, 6.07) is 11.4. The number of thioether (sulfide) groups is 1. The molecule has 1 N–H and O–H groups in total. The monoisotopic (exact) mass is 412 g/mol. The van der Waals surface area contributed by atoms with E-state index in [-0.39, 0.29) is 11.7 Å². The Bertz CT molecular complexity index is 1140. The molecule has 1 aromatic carbocycles. The van der Waals surface area contributed by atoms with E-state index in [1.807, 2.05) is 18.2 Å². The minimum absolute atomic E-state index is 0.158. The maximum Gasteiger partial charge on any atom is 0.236 e. The van der Waals surface area contributed by atoms with Crippen LogP contribution in [0.25, 0.3) is 22.1 Å². The van der Waals surface area contributed by atoms with Crippen LogP contribution in [0, 0.1) is 0 Å². The van der Waals surface area contributed by atoms with Crippen LogP contribution in [0.3, 0.4) is 0 Å². The molecule has 0 aliphatic heterocycles. The molecular formula is C19H17ClN6OS. The second-order valence-corrected chi connectivity index (χ2v) is 7.51. The zero-order valence-electron chi connectivity index (χ0n) is 15.1. The van der Waals surface area contributed by atoms with Gasteiger partial charge in [0.1, 0.15) is 11.3 Å². The van der Waals surface area contributed by atoms with Crippen LogP contribution in [0.5, 0.6) is 0 Å². The maximum absolute atomic E-state index is 12.2. The summed E-state index contributed by atoms with van der Waals surface area (Å²) in [5, 5.41) is 13.3. The molecule has 4 rings (SSSR count). The van der Waals surface area contributed by atoms with E-state index in [9.17, 15) is 4.79 Å². The molecule has 0 saturated carbocycles. The van der Waals surface area contributed by atoms with Gasteiger partial charge in [0.15, 0.2) is 5.65 Å². The molecule has 0 aliphatic carbocycles. The molecule has 0 saturated heterocycles. The molecule has 9 heteroatoms. The molecule has 3 heterocycles. The number of anilines is 1. The van der Waals surface area contributed by atoms with Crippen molar-refractivity contribution in [3.05, 3.63) is 47.6 Å². The average Bonchev–Trinajstić information content (AvgIpc) is 3.02. The number of benzene rings is 1. The topological polar surface area (TPSA) is 85.6 Å². The van der Waals surface area contributed by atoms with E-state index in [4.69, 9.17) is 11.6 Å².